The summed E-state index contributed by atoms with van der Waals surface area (Å²) in [5.41, 5.74) is 1.07. The van der Waals surface area contributed by atoms with Crippen LogP contribution in [0.5, 0.6) is 0 Å². The Morgan fingerprint density at radius 2 is 2.17 bits per heavy atom. The lowest BCUT2D eigenvalue weighted by molar-refractivity contribution is -0.142. The van der Waals surface area contributed by atoms with E-state index in [0.717, 1.165) is 5.56 Å². The first-order chi connectivity index (χ1) is 8.69. The van der Waals surface area contributed by atoms with Gasteiger partial charge in [-0.05, 0) is 17.7 Å². The number of carbonyl (C=O) groups excluding carboxylic acids is 1. The highest BCUT2D eigenvalue weighted by atomic mass is 35.5. The third-order valence-electron chi connectivity index (χ3n) is 2.98. The van der Waals surface area contributed by atoms with Crippen molar-refractivity contribution in [2.45, 2.75) is 25.2 Å². The fraction of sp³-hybridized carbons (Fsp3) is 0.462. The van der Waals surface area contributed by atoms with Gasteiger partial charge in [-0.3, -0.25) is 4.79 Å². The lowest BCUT2D eigenvalue weighted by atomic mass is 10.2. The van der Waals surface area contributed by atoms with Crippen molar-refractivity contribution in [2.24, 2.45) is 0 Å². The molecule has 0 aliphatic carbocycles. The van der Waals surface area contributed by atoms with Gasteiger partial charge in [0.1, 0.15) is 6.04 Å². The molecule has 98 valence electrons. The zero-order valence-electron chi connectivity index (χ0n) is 10.2. The standard InChI is InChI=1S/C13H16ClNO3/c1-17-13(16)12-6-11(7-15-12)18-8-9-2-4-10(14)5-3-9/h2-5,11-12,15H,6-8H2,1H3/t11-,12+/m1/s1. The molecule has 1 N–H and O–H groups in total. The number of esters is 1. The molecule has 0 amide bonds. The van der Waals surface area contributed by atoms with E-state index in [0.29, 0.717) is 24.6 Å². The van der Waals surface area contributed by atoms with Gasteiger partial charge in [0.05, 0.1) is 19.8 Å². The molecule has 4 nitrogen and oxygen atoms in total. The number of hydrogen-bond acceptors (Lipinski definition) is 4. The Labute approximate surface area is 111 Å². The third kappa shape index (κ3) is 3.45. The molecule has 1 aromatic carbocycles. The van der Waals surface area contributed by atoms with Gasteiger partial charge in [-0.2, -0.15) is 0 Å². The Morgan fingerprint density at radius 3 is 2.83 bits per heavy atom. The average Bonchev–Trinajstić information content (AvgIpc) is 2.86. The summed E-state index contributed by atoms with van der Waals surface area (Å²) in [4.78, 5) is 11.3. The topological polar surface area (TPSA) is 47.6 Å². The second-order valence-corrected chi connectivity index (χ2v) is 4.72. The molecule has 1 aromatic rings. The molecule has 1 aliphatic rings. The van der Waals surface area contributed by atoms with E-state index in [1.165, 1.54) is 7.11 Å². The summed E-state index contributed by atoms with van der Waals surface area (Å²) >= 11 is 5.81. The molecule has 0 bridgehead atoms. The number of methoxy groups -OCH3 is 1. The predicted octanol–water partition coefficient (Wildman–Crippen LogP) is 1.76. The van der Waals surface area contributed by atoms with Gasteiger partial charge in [0.2, 0.25) is 0 Å². The number of ether oxygens (including phenoxy) is 2. The molecule has 18 heavy (non-hydrogen) atoms. The lowest BCUT2D eigenvalue weighted by Crippen LogP contribution is -2.31. The maximum absolute atomic E-state index is 11.3. The monoisotopic (exact) mass is 269 g/mol. The normalized spacial score (nSPS) is 23.0. The van der Waals surface area contributed by atoms with Gasteiger partial charge in [0.25, 0.3) is 0 Å². The number of hydrogen-bond donors (Lipinski definition) is 1. The zero-order chi connectivity index (χ0) is 13.0. The van der Waals surface area contributed by atoms with E-state index in [2.05, 4.69) is 10.1 Å². The van der Waals surface area contributed by atoms with Crippen molar-refractivity contribution in [1.29, 1.82) is 0 Å². The van der Waals surface area contributed by atoms with Crippen molar-refractivity contribution in [3.63, 3.8) is 0 Å². The highest BCUT2D eigenvalue weighted by Crippen LogP contribution is 2.15. The van der Waals surface area contributed by atoms with Gasteiger partial charge < -0.3 is 14.8 Å². The van der Waals surface area contributed by atoms with Crippen molar-refractivity contribution in [1.82, 2.24) is 5.32 Å². The predicted molar refractivity (Wildman–Crippen MR) is 68.5 cm³/mol. The Balaban J connectivity index is 1.78. The molecular formula is C13H16ClNO3. The number of benzene rings is 1. The van der Waals surface area contributed by atoms with Crippen LogP contribution in [0.15, 0.2) is 24.3 Å². The number of carbonyl (C=O) groups is 1. The minimum Gasteiger partial charge on any atom is -0.468 e. The maximum Gasteiger partial charge on any atom is 0.322 e. The van der Waals surface area contributed by atoms with Gasteiger partial charge in [0, 0.05) is 18.0 Å². The molecular weight excluding hydrogens is 254 g/mol. The summed E-state index contributed by atoms with van der Waals surface area (Å²) in [5, 5.41) is 3.80. The first-order valence-corrected chi connectivity index (χ1v) is 6.24. The third-order valence-corrected chi connectivity index (χ3v) is 3.23. The smallest absolute Gasteiger partial charge is 0.322 e. The van der Waals surface area contributed by atoms with Crippen LogP contribution in [0, 0.1) is 0 Å². The van der Waals surface area contributed by atoms with E-state index in [9.17, 15) is 4.79 Å². The first-order valence-electron chi connectivity index (χ1n) is 5.86. The summed E-state index contributed by atoms with van der Waals surface area (Å²) in [7, 11) is 1.39. The van der Waals surface area contributed by atoms with Crippen LogP contribution in [0.1, 0.15) is 12.0 Å². The molecule has 5 heteroatoms. The number of nitrogens with one attached hydrogen (secondary N) is 1. The van der Waals surface area contributed by atoms with Gasteiger partial charge in [0.15, 0.2) is 0 Å². The summed E-state index contributed by atoms with van der Waals surface area (Å²) in [6.45, 7) is 1.20. The van der Waals surface area contributed by atoms with Crippen molar-refractivity contribution in [2.75, 3.05) is 13.7 Å². The van der Waals surface area contributed by atoms with E-state index >= 15 is 0 Å². The molecule has 0 unspecified atom stereocenters. The maximum atomic E-state index is 11.3. The summed E-state index contributed by atoms with van der Waals surface area (Å²) in [6, 6.07) is 7.30. The van der Waals surface area contributed by atoms with E-state index in [4.69, 9.17) is 16.3 Å². The Morgan fingerprint density at radius 1 is 1.44 bits per heavy atom. The highest BCUT2D eigenvalue weighted by Gasteiger charge is 2.30. The first kappa shape index (κ1) is 13.3. The fourth-order valence-electron chi connectivity index (χ4n) is 1.95. The second-order valence-electron chi connectivity index (χ2n) is 4.28. The Bertz CT molecular complexity index is 407. The van der Waals surface area contributed by atoms with Crippen molar-refractivity contribution < 1.29 is 14.3 Å². The summed E-state index contributed by atoms with van der Waals surface area (Å²) in [6.07, 6.45) is 0.699. The molecule has 0 radical (unpaired) electrons. The quantitative estimate of drug-likeness (QED) is 0.846. The van der Waals surface area contributed by atoms with E-state index in [1.54, 1.807) is 0 Å². The Hall–Kier alpha value is -1.10. The number of halogens is 1. The zero-order valence-corrected chi connectivity index (χ0v) is 10.9. The molecule has 1 heterocycles. The lowest BCUT2D eigenvalue weighted by Gasteiger charge is -2.11. The van der Waals surface area contributed by atoms with Crippen LogP contribution in [-0.4, -0.2) is 31.8 Å². The van der Waals surface area contributed by atoms with Crippen LogP contribution in [-0.2, 0) is 20.9 Å². The molecule has 1 saturated heterocycles. The van der Waals surface area contributed by atoms with Crippen LogP contribution < -0.4 is 5.32 Å². The van der Waals surface area contributed by atoms with E-state index < -0.39 is 0 Å². The number of rotatable bonds is 4. The molecule has 0 spiro atoms. The van der Waals surface area contributed by atoms with Crippen LogP contribution >= 0.6 is 11.6 Å². The largest absolute Gasteiger partial charge is 0.468 e. The summed E-state index contributed by atoms with van der Waals surface area (Å²) in [5.74, 6) is -0.229. The minimum atomic E-state index is -0.245. The molecule has 1 fully saturated rings. The molecule has 0 aromatic heterocycles. The van der Waals surface area contributed by atoms with Gasteiger partial charge in [-0.1, -0.05) is 23.7 Å². The van der Waals surface area contributed by atoms with Gasteiger partial charge in [-0.15, -0.1) is 0 Å². The van der Waals surface area contributed by atoms with Gasteiger partial charge >= 0.3 is 5.97 Å². The van der Waals surface area contributed by atoms with E-state index in [-0.39, 0.29) is 18.1 Å². The SMILES string of the molecule is COC(=O)[C@@H]1C[C@@H](OCc2ccc(Cl)cc2)CN1. The van der Waals surface area contributed by atoms with Crippen LogP contribution in [0.3, 0.4) is 0 Å². The molecule has 0 saturated carbocycles. The van der Waals surface area contributed by atoms with Crippen LogP contribution in [0.4, 0.5) is 0 Å². The minimum absolute atomic E-state index is 0.0461. The second kappa shape index (κ2) is 6.18. The molecule has 2 rings (SSSR count). The van der Waals surface area contributed by atoms with Crippen molar-refractivity contribution in [3.05, 3.63) is 34.9 Å². The van der Waals surface area contributed by atoms with Gasteiger partial charge in [-0.25, -0.2) is 0 Å². The van der Waals surface area contributed by atoms with Crippen molar-refractivity contribution in [3.8, 4) is 0 Å². The fourth-order valence-corrected chi connectivity index (χ4v) is 2.07. The highest BCUT2D eigenvalue weighted by molar-refractivity contribution is 6.30. The molecule has 2 atom stereocenters. The average molecular weight is 270 g/mol. The molecule has 1 aliphatic heterocycles. The van der Waals surface area contributed by atoms with Crippen LogP contribution in [0.2, 0.25) is 5.02 Å². The van der Waals surface area contributed by atoms with Crippen LogP contribution in [0.25, 0.3) is 0 Å². The summed E-state index contributed by atoms with van der Waals surface area (Å²) < 4.78 is 10.4. The van der Waals surface area contributed by atoms with Crippen molar-refractivity contribution >= 4 is 17.6 Å². The Kier molecular flexibility index (Phi) is 4.58. The van der Waals surface area contributed by atoms with E-state index in [1.807, 2.05) is 24.3 Å².